The Balaban J connectivity index is 1.12. The van der Waals surface area contributed by atoms with E-state index >= 15 is 0 Å². The van der Waals surface area contributed by atoms with E-state index in [1.165, 1.54) is 41.2 Å². The number of aromatic nitrogens is 4. The highest BCUT2D eigenvalue weighted by Crippen LogP contribution is 2.59. The van der Waals surface area contributed by atoms with Crippen LogP contribution in [0.15, 0.2) is 47.6 Å². The molecule has 5 rings (SSSR count). The number of halogens is 4. The molecule has 1 atom stereocenters. The number of nitrogens with zero attached hydrogens (tertiary/aromatic N) is 4. The molecule has 2 fully saturated rings. The van der Waals surface area contributed by atoms with E-state index in [0.29, 0.717) is 18.3 Å². The molecule has 0 bridgehead atoms. The van der Waals surface area contributed by atoms with E-state index in [4.69, 9.17) is 16.3 Å². The van der Waals surface area contributed by atoms with Gasteiger partial charge >= 0.3 is 6.18 Å². The van der Waals surface area contributed by atoms with Gasteiger partial charge in [0.25, 0.3) is 15.9 Å². The van der Waals surface area contributed by atoms with Crippen molar-refractivity contribution in [1.29, 1.82) is 0 Å². The summed E-state index contributed by atoms with van der Waals surface area (Å²) in [7, 11) is -4.34. The molecule has 1 saturated carbocycles. The third-order valence-corrected chi connectivity index (χ3v) is 9.92. The van der Waals surface area contributed by atoms with Gasteiger partial charge in [-0.25, -0.2) is 19.4 Å². The van der Waals surface area contributed by atoms with E-state index < -0.39 is 27.5 Å². The van der Waals surface area contributed by atoms with Crippen molar-refractivity contribution in [3.05, 3.63) is 53.3 Å². The molecule has 0 aromatic carbocycles. The van der Waals surface area contributed by atoms with Gasteiger partial charge in [0.1, 0.15) is 11.0 Å². The van der Waals surface area contributed by atoms with E-state index in [9.17, 15) is 26.4 Å². The maximum Gasteiger partial charge on any atom is 0.394 e. The van der Waals surface area contributed by atoms with Gasteiger partial charge in [0.2, 0.25) is 5.88 Å². The predicted molar refractivity (Wildman–Crippen MR) is 166 cm³/mol. The Hall–Kier alpha value is -3.43. The minimum Gasteiger partial charge on any atom is -0.477 e. The number of carbonyl (C=O) groups excluding carboxylic acids is 1. The van der Waals surface area contributed by atoms with E-state index in [1.807, 2.05) is 4.72 Å². The standard InChI is InChI=1S/C30H37ClF3N7O4S/c1-28(2)18-20(19-36-28)6-3-4-15-35-22-7-5-8-25(37-22)46(43,44)40-27(42)21-9-10-23(38-26(21)31)41-16-11-24(39-41)45-17-14-29(12-13-29)30(32,33)34/h5,7-11,16,20,36H,3-4,6,12-15,17-19H2,1-2H3,(H,35,37)(H,40,42). The molecule has 3 aromatic rings. The third kappa shape index (κ3) is 8.28. The molecule has 1 aliphatic carbocycles. The maximum absolute atomic E-state index is 13.1. The minimum absolute atomic E-state index is 0.0931. The molecule has 1 amide bonds. The van der Waals surface area contributed by atoms with Crippen LogP contribution in [0.2, 0.25) is 5.15 Å². The van der Waals surface area contributed by atoms with Crippen LogP contribution in [-0.4, -0.2) is 65.5 Å². The largest absolute Gasteiger partial charge is 0.477 e. The first-order chi connectivity index (χ1) is 21.7. The molecule has 250 valence electrons. The van der Waals surface area contributed by atoms with Crippen LogP contribution in [0, 0.1) is 11.3 Å². The Morgan fingerprint density at radius 1 is 1.15 bits per heavy atom. The van der Waals surface area contributed by atoms with Crippen molar-refractivity contribution in [2.24, 2.45) is 11.3 Å². The highest BCUT2D eigenvalue weighted by molar-refractivity contribution is 7.90. The van der Waals surface area contributed by atoms with Crippen LogP contribution in [0.25, 0.3) is 5.82 Å². The van der Waals surface area contributed by atoms with Crippen LogP contribution in [-0.2, 0) is 10.0 Å². The number of amides is 1. The second-order valence-corrected chi connectivity index (χ2v) is 14.5. The maximum atomic E-state index is 13.1. The van der Waals surface area contributed by atoms with Crippen molar-refractivity contribution in [3.8, 4) is 11.7 Å². The van der Waals surface area contributed by atoms with Gasteiger partial charge in [0, 0.05) is 24.3 Å². The Morgan fingerprint density at radius 3 is 2.61 bits per heavy atom. The van der Waals surface area contributed by atoms with Gasteiger partial charge in [-0.3, -0.25) is 4.79 Å². The van der Waals surface area contributed by atoms with Gasteiger partial charge in [0.15, 0.2) is 10.8 Å². The zero-order chi connectivity index (χ0) is 33.2. The van der Waals surface area contributed by atoms with Crippen LogP contribution in [0.1, 0.15) is 69.2 Å². The lowest BCUT2D eigenvalue weighted by Gasteiger charge is -2.18. The quantitative estimate of drug-likeness (QED) is 0.148. The van der Waals surface area contributed by atoms with Crippen LogP contribution >= 0.6 is 11.6 Å². The molecule has 3 N–H and O–H groups in total. The monoisotopic (exact) mass is 683 g/mol. The first-order valence-electron chi connectivity index (χ1n) is 15.1. The third-order valence-electron chi connectivity index (χ3n) is 8.40. The van der Waals surface area contributed by atoms with Crippen molar-refractivity contribution in [2.75, 3.05) is 25.0 Å². The number of rotatable bonds is 14. The number of ether oxygens (including phenoxy) is 1. The fourth-order valence-corrected chi connectivity index (χ4v) is 6.74. The van der Waals surface area contributed by atoms with Gasteiger partial charge in [-0.2, -0.15) is 21.6 Å². The number of alkyl halides is 3. The normalized spacial score (nSPS) is 18.7. The summed E-state index contributed by atoms with van der Waals surface area (Å²) in [4.78, 5) is 21.2. The molecule has 1 unspecified atom stereocenters. The number of hydrogen-bond donors (Lipinski definition) is 3. The number of sulfonamides is 1. The highest BCUT2D eigenvalue weighted by Gasteiger charge is 2.62. The molecule has 0 spiro atoms. The Morgan fingerprint density at radius 2 is 1.93 bits per heavy atom. The number of pyridine rings is 2. The molecule has 16 heteroatoms. The summed E-state index contributed by atoms with van der Waals surface area (Å²) in [6, 6.07) is 8.60. The Labute approximate surface area is 270 Å². The van der Waals surface area contributed by atoms with Gasteiger partial charge in [0.05, 0.1) is 17.6 Å². The molecule has 1 saturated heterocycles. The Kier molecular flexibility index (Phi) is 9.85. The Bertz CT molecular complexity index is 1660. The van der Waals surface area contributed by atoms with Crippen molar-refractivity contribution < 1.29 is 31.1 Å². The smallest absolute Gasteiger partial charge is 0.394 e. The number of carbonyl (C=O) groups is 1. The highest BCUT2D eigenvalue weighted by atomic mass is 35.5. The van der Waals surface area contributed by atoms with E-state index in [-0.39, 0.29) is 58.8 Å². The van der Waals surface area contributed by atoms with E-state index in [0.717, 1.165) is 32.2 Å². The summed E-state index contributed by atoms with van der Waals surface area (Å²) in [5.41, 5.74) is -1.68. The number of hydrogen-bond acceptors (Lipinski definition) is 9. The second-order valence-electron chi connectivity index (χ2n) is 12.5. The van der Waals surface area contributed by atoms with Crippen molar-refractivity contribution in [3.63, 3.8) is 0 Å². The molecule has 46 heavy (non-hydrogen) atoms. The van der Waals surface area contributed by atoms with Crippen LogP contribution in [0.3, 0.4) is 0 Å². The molecular weight excluding hydrogens is 647 g/mol. The lowest BCUT2D eigenvalue weighted by Crippen LogP contribution is -2.31. The molecule has 2 aliphatic rings. The minimum atomic E-state index is -4.34. The lowest BCUT2D eigenvalue weighted by atomic mass is 9.93. The fourth-order valence-electron chi connectivity index (χ4n) is 5.57. The zero-order valence-electron chi connectivity index (χ0n) is 25.5. The van der Waals surface area contributed by atoms with Crippen LogP contribution < -0.4 is 20.1 Å². The van der Waals surface area contributed by atoms with Crippen LogP contribution in [0.4, 0.5) is 19.0 Å². The topological polar surface area (TPSA) is 140 Å². The van der Waals surface area contributed by atoms with Crippen molar-refractivity contribution in [1.82, 2.24) is 29.8 Å². The fraction of sp³-hybridized carbons (Fsp3) is 0.533. The summed E-state index contributed by atoms with van der Waals surface area (Å²) in [6.07, 6.45) is 1.46. The summed E-state index contributed by atoms with van der Waals surface area (Å²) in [6.45, 7) is 5.93. The summed E-state index contributed by atoms with van der Waals surface area (Å²) in [5.74, 6) is 0.302. The average molecular weight is 684 g/mol. The second kappa shape index (κ2) is 13.4. The lowest BCUT2D eigenvalue weighted by molar-refractivity contribution is -0.190. The van der Waals surface area contributed by atoms with E-state index in [1.54, 1.807) is 6.07 Å². The van der Waals surface area contributed by atoms with Gasteiger partial charge in [-0.15, -0.1) is 5.10 Å². The van der Waals surface area contributed by atoms with Gasteiger partial charge < -0.3 is 15.4 Å². The number of nitrogens with one attached hydrogen (secondary N) is 3. The zero-order valence-corrected chi connectivity index (χ0v) is 27.1. The average Bonchev–Trinajstić information content (AvgIpc) is 3.51. The number of anilines is 1. The van der Waals surface area contributed by atoms with Gasteiger partial charge in [-0.05, 0) is 89.1 Å². The molecule has 11 nitrogen and oxygen atoms in total. The van der Waals surface area contributed by atoms with Crippen molar-refractivity contribution >= 4 is 33.3 Å². The molecule has 0 radical (unpaired) electrons. The first kappa shape index (κ1) is 33.9. The van der Waals surface area contributed by atoms with Gasteiger partial charge in [-0.1, -0.05) is 24.1 Å². The van der Waals surface area contributed by atoms with Crippen molar-refractivity contribution in [2.45, 2.75) is 75.5 Å². The van der Waals surface area contributed by atoms with E-state index in [2.05, 4.69) is 39.5 Å². The molecule has 4 heterocycles. The summed E-state index contributed by atoms with van der Waals surface area (Å²) in [5, 5.41) is 10.2. The summed E-state index contributed by atoms with van der Waals surface area (Å²) >= 11 is 6.23. The molecule has 1 aliphatic heterocycles. The molecule has 3 aromatic heterocycles. The SMILES string of the molecule is CC1(C)CC(CCCCNc2cccc(S(=O)(=O)NC(=O)c3ccc(-n4ccc(OCCC5(C(F)(F)F)CC5)n4)nc3Cl)n2)CN1. The van der Waals surface area contributed by atoms with Crippen LogP contribution in [0.5, 0.6) is 5.88 Å². The summed E-state index contributed by atoms with van der Waals surface area (Å²) < 4.78 is 73.9. The predicted octanol–water partition coefficient (Wildman–Crippen LogP) is 5.52. The number of unbranched alkanes of at least 4 members (excludes halogenated alkanes) is 1. The first-order valence-corrected chi connectivity index (χ1v) is 17.0. The molecular formula is C30H37ClF3N7O4S.